The minimum Gasteiger partial charge on any atom is -0.388 e. The van der Waals surface area contributed by atoms with Gasteiger partial charge in [0.1, 0.15) is 0 Å². The van der Waals surface area contributed by atoms with Crippen molar-refractivity contribution in [1.82, 2.24) is 10.2 Å². The Morgan fingerprint density at radius 3 is 2.67 bits per heavy atom. The Kier molecular flexibility index (Phi) is 4.28. The molecule has 2 fully saturated rings. The molecular formula is C14H26N2O2. The Bertz CT molecular complexity index is 300. The van der Waals surface area contributed by atoms with Crippen molar-refractivity contribution in [2.45, 2.75) is 70.1 Å². The molecule has 1 atom stereocenters. The summed E-state index contributed by atoms with van der Waals surface area (Å²) in [6, 6.07) is 0.412. The van der Waals surface area contributed by atoms with Crippen molar-refractivity contribution in [2.75, 3.05) is 13.1 Å². The topological polar surface area (TPSA) is 52.6 Å². The fourth-order valence-corrected chi connectivity index (χ4v) is 2.98. The number of amides is 1. The van der Waals surface area contributed by atoms with Crippen molar-refractivity contribution >= 4 is 5.91 Å². The average Bonchev–Trinajstić information content (AvgIpc) is 2.33. The molecule has 1 amide bonds. The number of carbonyl (C=O) groups is 1. The van der Waals surface area contributed by atoms with Crippen LogP contribution < -0.4 is 5.32 Å². The molecule has 4 nitrogen and oxygen atoms in total. The van der Waals surface area contributed by atoms with Gasteiger partial charge in [0.2, 0.25) is 5.91 Å². The summed E-state index contributed by atoms with van der Waals surface area (Å²) < 4.78 is 0. The van der Waals surface area contributed by atoms with Gasteiger partial charge in [0.05, 0.1) is 11.6 Å². The first-order valence-electron chi connectivity index (χ1n) is 7.28. The number of nitrogens with one attached hydrogen (secondary N) is 1. The van der Waals surface area contributed by atoms with Gasteiger partial charge in [-0.15, -0.1) is 0 Å². The molecule has 1 aliphatic carbocycles. The van der Waals surface area contributed by atoms with E-state index >= 15 is 0 Å². The molecule has 1 heterocycles. The number of carbonyl (C=O) groups excluding carboxylic acids is 1. The van der Waals surface area contributed by atoms with Crippen LogP contribution in [0.15, 0.2) is 0 Å². The standard InChI is InChI=1S/C14H26N2O2/c1-11(2)16-9-4-3-6-12(16)13(17)15-10-14(18)7-5-8-14/h11-12,18H,3-10H2,1-2H3,(H,15,17). The molecule has 104 valence electrons. The van der Waals surface area contributed by atoms with Crippen LogP contribution in [0.3, 0.4) is 0 Å². The van der Waals surface area contributed by atoms with Gasteiger partial charge in [0, 0.05) is 12.6 Å². The third-order valence-corrected chi connectivity index (χ3v) is 4.39. The summed E-state index contributed by atoms with van der Waals surface area (Å²) in [5, 5.41) is 13.0. The molecule has 0 radical (unpaired) electrons. The largest absolute Gasteiger partial charge is 0.388 e. The lowest BCUT2D eigenvalue weighted by atomic mass is 9.80. The normalized spacial score (nSPS) is 27.9. The number of aliphatic hydroxyl groups is 1. The highest BCUT2D eigenvalue weighted by atomic mass is 16.3. The highest BCUT2D eigenvalue weighted by Crippen LogP contribution is 2.30. The molecule has 2 N–H and O–H groups in total. The molecule has 0 aromatic heterocycles. The second kappa shape index (κ2) is 5.57. The lowest BCUT2D eigenvalue weighted by molar-refractivity contribution is -0.130. The third kappa shape index (κ3) is 3.04. The van der Waals surface area contributed by atoms with Gasteiger partial charge < -0.3 is 10.4 Å². The van der Waals surface area contributed by atoms with Crippen LogP contribution in [0.1, 0.15) is 52.4 Å². The minimum atomic E-state index is -0.618. The zero-order chi connectivity index (χ0) is 13.2. The number of likely N-dealkylation sites (tertiary alicyclic amines) is 1. The summed E-state index contributed by atoms with van der Waals surface area (Å²) >= 11 is 0. The molecule has 4 heteroatoms. The summed E-state index contributed by atoms with van der Waals surface area (Å²) in [7, 11) is 0. The van der Waals surface area contributed by atoms with Gasteiger partial charge in [0.15, 0.2) is 0 Å². The number of nitrogens with zero attached hydrogens (tertiary/aromatic N) is 1. The number of hydrogen-bond acceptors (Lipinski definition) is 3. The molecule has 0 aromatic rings. The lowest BCUT2D eigenvalue weighted by Gasteiger charge is -2.40. The van der Waals surface area contributed by atoms with Crippen molar-refractivity contribution in [3.8, 4) is 0 Å². The van der Waals surface area contributed by atoms with E-state index in [4.69, 9.17) is 0 Å². The summed E-state index contributed by atoms with van der Waals surface area (Å²) in [4.78, 5) is 14.5. The maximum atomic E-state index is 12.2. The SMILES string of the molecule is CC(C)N1CCCCC1C(=O)NCC1(O)CCC1. The summed E-state index contributed by atoms with van der Waals surface area (Å²) in [6.07, 6.45) is 5.99. The number of piperidine rings is 1. The minimum absolute atomic E-state index is 0.00225. The zero-order valence-electron chi connectivity index (χ0n) is 11.6. The van der Waals surface area contributed by atoms with Crippen molar-refractivity contribution < 1.29 is 9.90 Å². The van der Waals surface area contributed by atoms with Crippen LogP contribution >= 0.6 is 0 Å². The van der Waals surface area contributed by atoms with E-state index < -0.39 is 5.60 Å². The molecule has 1 saturated carbocycles. The van der Waals surface area contributed by atoms with E-state index in [1.807, 2.05) is 0 Å². The fourth-order valence-electron chi connectivity index (χ4n) is 2.98. The van der Waals surface area contributed by atoms with Crippen molar-refractivity contribution in [3.05, 3.63) is 0 Å². The van der Waals surface area contributed by atoms with Crippen LogP contribution in [0.25, 0.3) is 0 Å². The van der Waals surface area contributed by atoms with Gasteiger partial charge in [-0.2, -0.15) is 0 Å². The second-order valence-corrected chi connectivity index (χ2v) is 6.14. The van der Waals surface area contributed by atoms with E-state index in [-0.39, 0.29) is 11.9 Å². The maximum Gasteiger partial charge on any atom is 0.237 e. The van der Waals surface area contributed by atoms with Crippen molar-refractivity contribution in [3.63, 3.8) is 0 Å². The first kappa shape index (κ1) is 13.8. The first-order valence-corrected chi connectivity index (χ1v) is 7.28. The van der Waals surface area contributed by atoms with Gasteiger partial charge in [-0.1, -0.05) is 6.42 Å². The van der Waals surface area contributed by atoms with Crippen LogP contribution in [0.5, 0.6) is 0 Å². The van der Waals surface area contributed by atoms with Crippen molar-refractivity contribution in [1.29, 1.82) is 0 Å². The van der Waals surface area contributed by atoms with Gasteiger partial charge in [-0.3, -0.25) is 9.69 Å². The Labute approximate surface area is 110 Å². The Hall–Kier alpha value is -0.610. The Morgan fingerprint density at radius 2 is 2.11 bits per heavy atom. The molecule has 1 unspecified atom stereocenters. The third-order valence-electron chi connectivity index (χ3n) is 4.39. The van der Waals surface area contributed by atoms with Gasteiger partial charge in [-0.25, -0.2) is 0 Å². The Balaban J connectivity index is 1.86. The molecule has 1 saturated heterocycles. The smallest absolute Gasteiger partial charge is 0.237 e. The molecule has 0 spiro atoms. The molecular weight excluding hydrogens is 228 g/mol. The second-order valence-electron chi connectivity index (χ2n) is 6.14. The van der Waals surface area contributed by atoms with Crippen molar-refractivity contribution in [2.24, 2.45) is 0 Å². The predicted molar refractivity (Wildman–Crippen MR) is 71.3 cm³/mol. The summed E-state index contributed by atoms with van der Waals surface area (Å²) in [5.41, 5.74) is -0.618. The molecule has 1 aliphatic heterocycles. The van der Waals surface area contributed by atoms with Gasteiger partial charge in [-0.05, 0) is 52.5 Å². The Morgan fingerprint density at radius 1 is 1.39 bits per heavy atom. The monoisotopic (exact) mass is 254 g/mol. The zero-order valence-corrected chi connectivity index (χ0v) is 11.6. The predicted octanol–water partition coefficient (Wildman–Crippen LogP) is 1.28. The van der Waals surface area contributed by atoms with E-state index in [0.29, 0.717) is 12.6 Å². The van der Waals surface area contributed by atoms with Crippen LogP contribution in [-0.2, 0) is 4.79 Å². The summed E-state index contributed by atoms with van der Waals surface area (Å²) in [5.74, 6) is 0.101. The number of rotatable bonds is 4. The van der Waals surface area contributed by atoms with Crippen LogP contribution in [0, 0.1) is 0 Å². The molecule has 18 heavy (non-hydrogen) atoms. The average molecular weight is 254 g/mol. The number of hydrogen-bond donors (Lipinski definition) is 2. The van der Waals surface area contributed by atoms with Crippen LogP contribution in [0.2, 0.25) is 0 Å². The molecule has 0 bridgehead atoms. The summed E-state index contributed by atoms with van der Waals surface area (Å²) in [6.45, 7) is 5.73. The van der Waals surface area contributed by atoms with E-state index in [0.717, 1.165) is 38.6 Å². The first-order chi connectivity index (χ1) is 8.52. The van der Waals surface area contributed by atoms with Gasteiger partial charge in [0.25, 0.3) is 0 Å². The quantitative estimate of drug-likeness (QED) is 0.794. The van der Waals surface area contributed by atoms with E-state index in [1.54, 1.807) is 0 Å². The molecule has 2 rings (SSSR count). The highest BCUT2D eigenvalue weighted by molar-refractivity contribution is 5.82. The van der Waals surface area contributed by atoms with E-state index in [9.17, 15) is 9.90 Å². The van der Waals surface area contributed by atoms with E-state index in [2.05, 4.69) is 24.1 Å². The molecule has 0 aromatic carbocycles. The lowest BCUT2D eigenvalue weighted by Crippen LogP contribution is -2.55. The molecule has 2 aliphatic rings. The highest BCUT2D eigenvalue weighted by Gasteiger charge is 2.36. The van der Waals surface area contributed by atoms with Crippen LogP contribution in [-0.4, -0.2) is 46.7 Å². The fraction of sp³-hybridized carbons (Fsp3) is 0.929. The van der Waals surface area contributed by atoms with E-state index in [1.165, 1.54) is 6.42 Å². The van der Waals surface area contributed by atoms with Gasteiger partial charge >= 0.3 is 0 Å². The van der Waals surface area contributed by atoms with Crippen LogP contribution in [0.4, 0.5) is 0 Å². The maximum absolute atomic E-state index is 12.2.